The van der Waals surface area contributed by atoms with Crippen molar-refractivity contribution in [2.24, 2.45) is 0 Å². The van der Waals surface area contributed by atoms with Crippen molar-refractivity contribution in [2.75, 3.05) is 5.73 Å². The Hall–Kier alpha value is -2.39. The van der Waals surface area contributed by atoms with Gasteiger partial charge in [-0.25, -0.2) is 4.98 Å². The number of benzene rings is 1. The molecule has 0 aliphatic carbocycles. The fraction of sp³-hybridized carbons (Fsp3) is 0. The first-order valence-electron chi connectivity index (χ1n) is 4.81. The Bertz CT molecular complexity index is 840. The van der Waals surface area contributed by atoms with Crippen molar-refractivity contribution in [3.05, 3.63) is 34.1 Å². The maximum absolute atomic E-state index is 11.5. The maximum atomic E-state index is 11.5. The molecule has 3 rings (SSSR count). The highest BCUT2D eigenvalue weighted by atomic mass is 32.1. The number of rotatable bonds is 0. The van der Waals surface area contributed by atoms with Gasteiger partial charge in [-0.05, 0) is 18.2 Å². The third-order valence-electron chi connectivity index (χ3n) is 2.52. The number of nitrogens with one attached hydrogen (secondary N) is 1. The number of thiazole rings is 1. The molecule has 82 valence electrons. The van der Waals surface area contributed by atoms with Gasteiger partial charge < -0.3 is 10.7 Å². The number of hydrogen-bond donors (Lipinski definition) is 2. The van der Waals surface area contributed by atoms with Crippen molar-refractivity contribution in [3.63, 3.8) is 0 Å². The van der Waals surface area contributed by atoms with Gasteiger partial charge >= 0.3 is 0 Å². The number of anilines is 1. The molecule has 0 aliphatic heterocycles. The van der Waals surface area contributed by atoms with Crippen molar-refractivity contribution in [1.82, 2.24) is 9.97 Å². The summed E-state index contributed by atoms with van der Waals surface area (Å²) >= 11 is 1.38. The van der Waals surface area contributed by atoms with Crippen LogP contribution in [0.4, 0.5) is 5.13 Å². The molecule has 17 heavy (non-hydrogen) atoms. The summed E-state index contributed by atoms with van der Waals surface area (Å²) in [5.74, 6) is 0. The summed E-state index contributed by atoms with van der Waals surface area (Å²) in [5.41, 5.74) is 6.73. The molecule has 0 unspecified atom stereocenters. The molecule has 0 amide bonds. The van der Waals surface area contributed by atoms with E-state index in [4.69, 9.17) is 11.0 Å². The van der Waals surface area contributed by atoms with Gasteiger partial charge in [-0.2, -0.15) is 5.26 Å². The van der Waals surface area contributed by atoms with E-state index in [2.05, 4.69) is 9.97 Å². The number of nitriles is 1. The lowest BCUT2D eigenvalue weighted by atomic mass is 10.1. The number of hydrogen-bond acceptors (Lipinski definition) is 5. The van der Waals surface area contributed by atoms with Crippen LogP contribution in [0.3, 0.4) is 0 Å². The number of pyridine rings is 1. The highest BCUT2D eigenvalue weighted by Gasteiger charge is 2.08. The van der Waals surface area contributed by atoms with Crippen LogP contribution in [-0.4, -0.2) is 9.97 Å². The molecule has 0 spiro atoms. The Balaban J connectivity index is 2.57. The van der Waals surface area contributed by atoms with E-state index in [1.54, 1.807) is 12.1 Å². The minimum Gasteiger partial charge on any atom is -0.375 e. The van der Waals surface area contributed by atoms with Gasteiger partial charge in [-0.1, -0.05) is 11.3 Å². The molecule has 0 saturated heterocycles. The standard InChI is InChI=1S/C11H6N4OS/c12-4-5-3-6-7(14-10(5)16)1-2-8-9(6)15-11(13)17-8/h1-3H,(H2,13,15)(H,14,16). The topological polar surface area (TPSA) is 95.6 Å². The van der Waals surface area contributed by atoms with Crippen LogP contribution in [-0.2, 0) is 0 Å². The normalized spacial score (nSPS) is 10.8. The van der Waals surface area contributed by atoms with Gasteiger partial charge in [0.2, 0.25) is 0 Å². The SMILES string of the molecule is N#Cc1cc2c(ccc3sc(N)nc32)[nH]c1=O. The number of H-pyrrole nitrogens is 1. The molecule has 2 aromatic heterocycles. The number of fused-ring (bicyclic) bond motifs is 3. The van der Waals surface area contributed by atoms with Crippen molar-refractivity contribution < 1.29 is 0 Å². The van der Waals surface area contributed by atoms with Gasteiger partial charge in [0.05, 0.1) is 15.7 Å². The maximum Gasteiger partial charge on any atom is 0.266 e. The summed E-state index contributed by atoms with van der Waals surface area (Å²) in [6.07, 6.45) is 0. The zero-order chi connectivity index (χ0) is 12.0. The van der Waals surface area contributed by atoms with Crippen LogP contribution in [0, 0.1) is 11.3 Å². The summed E-state index contributed by atoms with van der Waals surface area (Å²) in [5, 5.41) is 10.1. The molecule has 0 radical (unpaired) electrons. The van der Waals surface area contributed by atoms with Gasteiger partial charge in [0.1, 0.15) is 11.6 Å². The molecule has 6 heteroatoms. The van der Waals surface area contributed by atoms with Crippen LogP contribution in [0.5, 0.6) is 0 Å². The number of nitrogens with two attached hydrogens (primary N) is 1. The molecular formula is C11H6N4OS. The molecule has 0 atom stereocenters. The zero-order valence-corrected chi connectivity index (χ0v) is 9.34. The Morgan fingerprint density at radius 1 is 1.47 bits per heavy atom. The van der Waals surface area contributed by atoms with Gasteiger partial charge in [0, 0.05) is 5.39 Å². The Morgan fingerprint density at radius 2 is 2.29 bits per heavy atom. The monoisotopic (exact) mass is 242 g/mol. The van der Waals surface area contributed by atoms with E-state index in [-0.39, 0.29) is 11.1 Å². The van der Waals surface area contributed by atoms with Crippen LogP contribution < -0.4 is 11.3 Å². The molecule has 0 fully saturated rings. The molecule has 2 heterocycles. The highest BCUT2D eigenvalue weighted by molar-refractivity contribution is 7.22. The van der Waals surface area contributed by atoms with E-state index in [0.29, 0.717) is 10.6 Å². The molecule has 0 bridgehead atoms. The highest BCUT2D eigenvalue weighted by Crippen LogP contribution is 2.29. The quantitative estimate of drug-likeness (QED) is 0.625. The summed E-state index contributed by atoms with van der Waals surface area (Å²) in [4.78, 5) is 18.4. The first-order chi connectivity index (χ1) is 8.19. The molecule has 3 aromatic rings. The van der Waals surface area contributed by atoms with Crippen LogP contribution in [0.25, 0.3) is 21.1 Å². The number of nitrogen functional groups attached to an aromatic ring is 1. The second-order valence-corrected chi connectivity index (χ2v) is 4.61. The fourth-order valence-electron chi connectivity index (χ4n) is 1.77. The van der Waals surface area contributed by atoms with E-state index in [1.165, 1.54) is 11.3 Å². The third-order valence-corrected chi connectivity index (χ3v) is 3.37. The van der Waals surface area contributed by atoms with Crippen LogP contribution in [0.1, 0.15) is 5.56 Å². The average molecular weight is 242 g/mol. The molecular weight excluding hydrogens is 236 g/mol. The first-order valence-corrected chi connectivity index (χ1v) is 5.63. The number of nitrogens with zero attached hydrogens (tertiary/aromatic N) is 2. The number of aromatic nitrogens is 2. The van der Waals surface area contributed by atoms with Gasteiger partial charge in [0.15, 0.2) is 5.13 Å². The van der Waals surface area contributed by atoms with Crippen molar-refractivity contribution in [1.29, 1.82) is 5.26 Å². The van der Waals surface area contributed by atoms with Crippen LogP contribution in [0.2, 0.25) is 0 Å². The molecule has 5 nitrogen and oxygen atoms in total. The van der Waals surface area contributed by atoms with Gasteiger partial charge in [-0.15, -0.1) is 0 Å². The second kappa shape index (κ2) is 3.30. The molecule has 3 N–H and O–H groups in total. The van der Waals surface area contributed by atoms with Crippen molar-refractivity contribution in [2.45, 2.75) is 0 Å². The summed E-state index contributed by atoms with van der Waals surface area (Å²) < 4.78 is 0.936. The Morgan fingerprint density at radius 3 is 3.06 bits per heavy atom. The van der Waals surface area contributed by atoms with Crippen molar-refractivity contribution in [3.8, 4) is 6.07 Å². The minimum atomic E-state index is -0.387. The molecule has 0 aliphatic rings. The minimum absolute atomic E-state index is 0.0802. The van der Waals surface area contributed by atoms with Crippen LogP contribution in [0.15, 0.2) is 23.0 Å². The van der Waals surface area contributed by atoms with Gasteiger partial charge in [-0.3, -0.25) is 4.79 Å². The van der Waals surface area contributed by atoms with Crippen LogP contribution >= 0.6 is 11.3 Å². The summed E-state index contributed by atoms with van der Waals surface area (Å²) in [6.45, 7) is 0. The average Bonchev–Trinajstić information content (AvgIpc) is 2.69. The fourth-order valence-corrected chi connectivity index (χ4v) is 2.52. The Kier molecular flexibility index (Phi) is 1.90. The van der Waals surface area contributed by atoms with E-state index in [0.717, 1.165) is 15.6 Å². The lowest BCUT2D eigenvalue weighted by molar-refractivity contribution is 1.28. The van der Waals surface area contributed by atoms with E-state index >= 15 is 0 Å². The first kappa shape index (κ1) is 9.81. The second-order valence-electron chi connectivity index (χ2n) is 3.55. The van der Waals surface area contributed by atoms with Gasteiger partial charge in [0.25, 0.3) is 5.56 Å². The summed E-state index contributed by atoms with van der Waals surface area (Å²) in [6, 6.07) is 7.06. The number of aromatic amines is 1. The molecule has 1 aromatic carbocycles. The lowest BCUT2D eigenvalue weighted by Crippen LogP contribution is -2.09. The zero-order valence-electron chi connectivity index (χ0n) is 8.52. The predicted octanol–water partition coefficient (Wildman–Crippen LogP) is 1.59. The summed E-state index contributed by atoms with van der Waals surface area (Å²) in [7, 11) is 0. The molecule has 0 saturated carbocycles. The largest absolute Gasteiger partial charge is 0.375 e. The lowest BCUT2D eigenvalue weighted by Gasteiger charge is -1.98. The Labute approximate surface area is 99.1 Å². The predicted molar refractivity (Wildman–Crippen MR) is 66.9 cm³/mol. The van der Waals surface area contributed by atoms with E-state index in [9.17, 15) is 4.79 Å². The third kappa shape index (κ3) is 1.37. The van der Waals surface area contributed by atoms with Crippen molar-refractivity contribution >= 4 is 37.6 Å². The van der Waals surface area contributed by atoms with E-state index < -0.39 is 0 Å². The van der Waals surface area contributed by atoms with E-state index in [1.807, 2.05) is 12.1 Å². The smallest absolute Gasteiger partial charge is 0.266 e.